The van der Waals surface area contributed by atoms with E-state index in [4.69, 9.17) is 5.11 Å². The van der Waals surface area contributed by atoms with Gasteiger partial charge in [-0.15, -0.1) is 0 Å². The highest BCUT2D eigenvalue weighted by atomic mass is 19.1. The number of aromatic nitrogens is 3. The molecular weight excluding hydrogens is 395 g/mol. The van der Waals surface area contributed by atoms with Gasteiger partial charge in [0.2, 0.25) is 0 Å². The monoisotopic (exact) mass is 418 g/mol. The quantitative estimate of drug-likeness (QED) is 0.492. The van der Waals surface area contributed by atoms with E-state index in [1.54, 1.807) is 10.7 Å². The van der Waals surface area contributed by atoms with Gasteiger partial charge in [0.15, 0.2) is 0 Å². The number of rotatable bonds is 2. The summed E-state index contributed by atoms with van der Waals surface area (Å²) < 4.78 is 16.9. The highest BCUT2D eigenvalue weighted by Gasteiger charge is 2.24. The number of hydrogen-bond acceptors (Lipinski definition) is 3. The summed E-state index contributed by atoms with van der Waals surface area (Å²) in [5.41, 5.74) is 4.95. The fraction of sp³-hybridized carbons (Fsp3) is 0.292. The minimum absolute atomic E-state index is 0.148. The summed E-state index contributed by atoms with van der Waals surface area (Å²) in [4.78, 5) is 17.2. The Bertz CT molecular complexity index is 1320. The second kappa shape index (κ2) is 7.34. The molecular formula is C24H23FN4O2. The molecule has 5 rings (SSSR count). The number of amides is 1. The van der Waals surface area contributed by atoms with E-state index in [9.17, 15) is 4.79 Å². The second-order valence-electron chi connectivity index (χ2n) is 8.34. The third kappa shape index (κ3) is 3.50. The molecule has 0 aliphatic carbocycles. The van der Waals surface area contributed by atoms with Crippen molar-refractivity contribution >= 4 is 27.9 Å². The van der Waals surface area contributed by atoms with Crippen LogP contribution in [0, 0.1) is 12.7 Å². The number of hydrogen-bond donors (Lipinski definition) is 1. The smallest absolute Gasteiger partial charge is 0.407 e. The predicted octanol–water partition coefficient (Wildman–Crippen LogP) is 5.09. The molecule has 6 nitrogen and oxygen atoms in total. The van der Waals surface area contributed by atoms with Crippen LogP contribution in [0.2, 0.25) is 0 Å². The number of nitrogens with zero attached hydrogens (tertiary/aromatic N) is 4. The minimum atomic E-state index is -0.886. The van der Waals surface area contributed by atoms with Crippen LogP contribution < -0.4 is 0 Å². The van der Waals surface area contributed by atoms with E-state index >= 15 is 4.39 Å². The molecule has 3 heterocycles. The fourth-order valence-corrected chi connectivity index (χ4v) is 4.56. The lowest BCUT2D eigenvalue weighted by molar-refractivity contribution is 0.132. The van der Waals surface area contributed by atoms with Gasteiger partial charge in [-0.05, 0) is 66.8 Å². The highest BCUT2D eigenvalue weighted by molar-refractivity contribution is 5.90. The number of fused-ring (bicyclic) bond motifs is 2. The SMILES string of the molecule is Cc1cc(-c2cc(F)c3nc(C4CCN(C(=O)O)CC4)ccc3c2)cc2cn(C)nc12. The number of piperidine rings is 1. The average Bonchev–Trinajstić information content (AvgIpc) is 3.14. The van der Waals surface area contributed by atoms with Gasteiger partial charge in [-0.25, -0.2) is 14.2 Å². The maximum Gasteiger partial charge on any atom is 0.407 e. The molecule has 1 fully saturated rings. The lowest BCUT2D eigenvalue weighted by atomic mass is 9.92. The van der Waals surface area contributed by atoms with Gasteiger partial charge in [0.1, 0.15) is 11.3 Å². The zero-order valence-corrected chi connectivity index (χ0v) is 17.5. The van der Waals surface area contributed by atoms with E-state index in [1.165, 1.54) is 4.90 Å². The largest absolute Gasteiger partial charge is 0.465 e. The second-order valence-corrected chi connectivity index (χ2v) is 8.34. The lowest BCUT2D eigenvalue weighted by Crippen LogP contribution is -2.36. The first kappa shape index (κ1) is 19.5. The Morgan fingerprint density at radius 2 is 1.77 bits per heavy atom. The molecule has 0 spiro atoms. The van der Waals surface area contributed by atoms with E-state index in [0.717, 1.165) is 38.7 Å². The van der Waals surface area contributed by atoms with Gasteiger partial charge in [0.05, 0.1) is 5.52 Å². The summed E-state index contributed by atoms with van der Waals surface area (Å²) in [6, 6.07) is 11.5. The van der Waals surface area contributed by atoms with Crippen LogP contribution >= 0.6 is 0 Å². The van der Waals surface area contributed by atoms with Gasteiger partial charge in [-0.3, -0.25) is 4.68 Å². The molecule has 1 saturated heterocycles. The normalized spacial score (nSPS) is 15.1. The molecule has 0 radical (unpaired) electrons. The van der Waals surface area contributed by atoms with Gasteiger partial charge in [-0.2, -0.15) is 5.10 Å². The molecule has 1 amide bonds. The number of pyridine rings is 1. The van der Waals surface area contributed by atoms with Crippen molar-refractivity contribution in [3.05, 3.63) is 59.7 Å². The summed E-state index contributed by atoms with van der Waals surface area (Å²) >= 11 is 0. The molecule has 7 heteroatoms. The van der Waals surface area contributed by atoms with Crippen LogP contribution in [0.3, 0.4) is 0 Å². The van der Waals surface area contributed by atoms with Crippen molar-refractivity contribution < 1.29 is 14.3 Å². The summed E-state index contributed by atoms with van der Waals surface area (Å²) in [7, 11) is 1.89. The van der Waals surface area contributed by atoms with Gasteiger partial charge < -0.3 is 10.0 Å². The zero-order valence-electron chi connectivity index (χ0n) is 17.5. The number of carboxylic acid groups (broad SMARTS) is 1. The molecule has 1 aliphatic rings. The Kier molecular flexibility index (Phi) is 4.61. The third-order valence-corrected chi connectivity index (χ3v) is 6.20. The van der Waals surface area contributed by atoms with Gasteiger partial charge in [-0.1, -0.05) is 6.07 Å². The molecule has 4 aromatic rings. The van der Waals surface area contributed by atoms with Crippen LogP contribution in [0.25, 0.3) is 32.9 Å². The van der Waals surface area contributed by atoms with Crippen molar-refractivity contribution in [1.82, 2.24) is 19.7 Å². The molecule has 31 heavy (non-hydrogen) atoms. The number of aryl methyl sites for hydroxylation is 2. The average molecular weight is 418 g/mol. The zero-order chi connectivity index (χ0) is 21.7. The summed E-state index contributed by atoms with van der Waals surface area (Å²) in [6.07, 6.45) is 2.49. The number of halogens is 1. The van der Waals surface area contributed by atoms with E-state index in [1.807, 2.05) is 50.5 Å². The molecule has 0 atom stereocenters. The molecule has 2 aromatic heterocycles. The van der Waals surface area contributed by atoms with Crippen LogP contribution in [0.1, 0.15) is 30.0 Å². The Morgan fingerprint density at radius 3 is 2.52 bits per heavy atom. The van der Waals surface area contributed by atoms with Crippen LogP contribution in [-0.2, 0) is 7.05 Å². The van der Waals surface area contributed by atoms with Gasteiger partial charge >= 0.3 is 6.09 Å². The third-order valence-electron chi connectivity index (χ3n) is 6.20. The van der Waals surface area contributed by atoms with Crippen LogP contribution in [-0.4, -0.2) is 44.0 Å². The maximum absolute atomic E-state index is 15.1. The van der Waals surface area contributed by atoms with Crippen LogP contribution in [0.15, 0.2) is 42.6 Å². The minimum Gasteiger partial charge on any atom is -0.465 e. The first-order valence-electron chi connectivity index (χ1n) is 10.4. The number of carbonyl (C=O) groups is 1. The molecule has 0 unspecified atom stereocenters. The Morgan fingerprint density at radius 1 is 1.06 bits per heavy atom. The molecule has 0 saturated carbocycles. The van der Waals surface area contributed by atoms with E-state index in [2.05, 4.69) is 10.1 Å². The summed E-state index contributed by atoms with van der Waals surface area (Å²) in [5, 5.41) is 15.4. The highest BCUT2D eigenvalue weighted by Crippen LogP contribution is 2.32. The van der Waals surface area contributed by atoms with Crippen molar-refractivity contribution in [2.24, 2.45) is 7.05 Å². The molecule has 1 N–H and O–H groups in total. The van der Waals surface area contributed by atoms with E-state index < -0.39 is 6.09 Å². The van der Waals surface area contributed by atoms with Crippen molar-refractivity contribution in [3.63, 3.8) is 0 Å². The van der Waals surface area contributed by atoms with Gasteiger partial charge in [0, 0.05) is 48.7 Å². The summed E-state index contributed by atoms with van der Waals surface area (Å²) in [5.74, 6) is -0.198. The summed E-state index contributed by atoms with van der Waals surface area (Å²) in [6.45, 7) is 2.98. The first-order valence-corrected chi connectivity index (χ1v) is 10.4. The predicted molar refractivity (Wildman–Crippen MR) is 118 cm³/mol. The van der Waals surface area contributed by atoms with Crippen LogP contribution in [0.4, 0.5) is 9.18 Å². The van der Waals surface area contributed by atoms with Gasteiger partial charge in [0.25, 0.3) is 0 Å². The number of benzene rings is 2. The van der Waals surface area contributed by atoms with Crippen molar-refractivity contribution in [2.75, 3.05) is 13.1 Å². The lowest BCUT2D eigenvalue weighted by Gasteiger charge is -2.29. The van der Waals surface area contributed by atoms with E-state index in [0.29, 0.717) is 31.4 Å². The van der Waals surface area contributed by atoms with Crippen molar-refractivity contribution in [1.29, 1.82) is 0 Å². The van der Waals surface area contributed by atoms with Crippen LogP contribution in [0.5, 0.6) is 0 Å². The van der Waals surface area contributed by atoms with Crippen molar-refractivity contribution in [2.45, 2.75) is 25.7 Å². The molecule has 2 aromatic carbocycles. The standard InChI is InChI=1S/C24H23FN4O2/c1-14-9-17(11-19-13-28(2)27-22(14)19)18-10-16-3-4-21(26-23(16)20(25)12-18)15-5-7-29(8-6-15)24(30)31/h3-4,9-13,15H,5-8H2,1-2H3,(H,30,31). The fourth-order valence-electron chi connectivity index (χ4n) is 4.56. The Labute approximate surface area is 178 Å². The molecule has 1 aliphatic heterocycles. The molecule has 0 bridgehead atoms. The number of likely N-dealkylation sites (tertiary alicyclic amines) is 1. The Hall–Kier alpha value is -3.48. The van der Waals surface area contributed by atoms with E-state index in [-0.39, 0.29) is 11.7 Å². The first-order chi connectivity index (χ1) is 14.9. The molecule has 158 valence electrons. The topological polar surface area (TPSA) is 71.2 Å². The Balaban J connectivity index is 1.49. The van der Waals surface area contributed by atoms with Crippen molar-refractivity contribution in [3.8, 4) is 11.1 Å². The maximum atomic E-state index is 15.1.